The first-order valence-corrected chi connectivity index (χ1v) is 10.4. The van der Waals surface area contributed by atoms with Gasteiger partial charge in [-0.2, -0.15) is 4.98 Å². The molecule has 5 nitrogen and oxygen atoms in total. The van der Waals surface area contributed by atoms with E-state index in [9.17, 15) is 0 Å². The van der Waals surface area contributed by atoms with Gasteiger partial charge in [0, 0.05) is 29.4 Å². The Hall–Kier alpha value is -3.05. The smallest absolute Gasteiger partial charge is 0.307 e. The molecule has 2 aromatic heterocycles. The van der Waals surface area contributed by atoms with Gasteiger partial charge in [-0.1, -0.05) is 35.9 Å². The Morgan fingerprint density at radius 2 is 1.87 bits per heavy atom. The van der Waals surface area contributed by atoms with Gasteiger partial charge in [0.15, 0.2) is 0 Å². The number of imidazole rings is 1. The summed E-state index contributed by atoms with van der Waals surface area (Å²) in [6, 6.07) is 14.3. The Morgan fingerprint density at radius 3 is 2.60 bits per heavy atom. The van der Waals surface area contributed by atoms with E-state index in [-0.39, 0.29) is 0 Å². The summed E-state index contributed by atoms with van der Waals surface area (Å²) in [6.45, 7) is 6.70. The zero-order chi connectivity index (χ0) is 21.1. The van der Waals surface area contributed by atoms with E-state index < -0.39 is 0 Å². The van der Waals surface area contributed by atoms with Crippen LogP contribution in [-0.2, 0) is 6.42 Å². The van der Waals surface area contributed by atoms with Crippen LogP contribution in [0.2, 0.25) is 5.02 Å². The average Bonchev–Trinajstić information content (AvgIpc) is 3.35. The van der Waals surface area contributed by atoms with E-state index in [2.05, 4.69) is 24.9 Å². The van der Waals surface area contributed by atoms with E-state index in [1.807, 2.05) is 54.1 Å². The molecular weight excluding hydrogens is 398 g/mol. The van der Waals surface area contributed by atoms with Crippen molar-refractivity contribution in [3.05, 3.63) is 82.6 Å². The van der Waals surface area contributed by atoms with Crippen molar-refractivity contribution in [2.24, 2.45) is 0 Å². The van der Waals surface area contributed by atoms with Gasteiger partial charge in [-0.25, -0.2) is 4.98 Å². The summed E-state index contributed by atoms with van der Waals surface area (Å²) in [5.41, 5.74) is 4.20. The molecule has 0 fully saturated rings. The predicted molar refractivity (Wildman–Crippen MR) is 119 cm³/mol. The monoisotopic (exact) mass is 421 g/mol. The maximum absolute atomic E-state index is 6.14. The maximum atomic E-state index is 6.14. The molecule has 2 heterocycles. The van der Waals surface area contributed by atoms with Crippen LogP contribution in [0.3, 0.4) is 0 Å². The van der Waals surface area contributed by atoms with E-state index in [0.717, 1.165) is 35.0 Å². The highest BCUT2D eigenvalue weighted by Crippen LogP contribution is 2.28. The number of halogens is 1. The molecule has 2 aromatic carbocycles. The molecule has 0 N–H and O–H groups in total. The van der Waals surface area contributed by atoms with Crippen molar-refractivity contribution < 1.29 is 9.15 Å². The lowest BCUT2D eigenvalue weighted by Gasteiger charge is -2.10. The quantitative estimate of drug-likeness (QED) is 0.337. The molecule has 0 saturated heterocycles. The van der Waals surface area contributed by atoms with E-state index in [0.29, 0.717) is 24.1 Å². The van der Waals surface area contributed by atoms with Crippen molar-refractivity contribution in [2.75, 3.05) is 6.61 Å². The lowest BCUT2D eigenvalue weighted by molar-refractivity contribution is 0.304. The van der Waals surface area contributed by atoms with Gasteiger partial charge in [0.2, 0.25) is 0 Å². The zero-order valence-corrected chi connectivity index (χ0v) is 18.1. The maximum Gasteiger partial charge on any atom is 0.307 e. The van der Waals surface area contributed by atoms with Crippen LogP contribution < -0.4 is 4.74 Å². The van der Waals surface area contributed by atoms with Crippen molar-refractivity contribution >= 4 is 11.6 Å². The van der Waals surface area contributed by atoms with Crippen molar-refractivity contribution in [2.45, 2.75) is 33.6 Å². The second-order valence-corrected chi connectivity index (χ2v) is 7.71. The Bertz CT molecular complexity index is 1150. The third-order valence-electron chi connectivity index (χ3n) is 5.20. The van der Waals surface area contributed by atoms with Crippen molar-refractivity contribution in [1.29, 1.82) is 0 Å². The fourth-order valence-electron chi connectivity index (χ4n) is 3.32. The van der Waals surface area contributed by atoms with Crippen molar-refractivity contribution in [1.82, 2.24) is 14.5 Å². The Labute approximate surface area is 181 Å². The van der Waals surface area contributed by atoms with Gasteiger partial charge in [-0.15, -0.1) is 0 Å². The van der Waals surface area contributed by atoms with Crippen LogP contribution in [0.1, 0.15) is 29.1 Å². The second kappa shape index (κ2) is 8.76. The molecule has 0 atom stereocenters. The van der Waals surface area contributed by atoms with Crippen LogP contribution >= 0.6 is 11.6 Å². The number of hydrogen-bond donors (Lipinski definition) is 0. The average molecular weight is 422 g/mol. The number of hydrogen-bond acceptors (Lipinski definition) is 4. The third kappa shape index (κ3) is 4.26. The molecule has 0 spiro atoms. The standard InChI is InChI=1S/C24H24ClN3O2/c1-16-6-4-7-21(17(16)2)29-15-5-8-22-23(19-9-11-20(25)12-10-19)27-24(30-22)28-14-13-26-18(28)3/h4,6-7,9-14H,5,8,15H2,1-3H3. The van der Waals surface area contributed by atoms with Gasteiger partial charge < -0.3 is 9.15 Å². The van der Waals surface area contributed by atoms with Crippen LogP contribution in [0.15, 0.2) is 59.3 Å². The molecule has 0 saturated carbocycles. The van der Waals surface area contributed by atoms with E-state index in [4.69, 9.17) is 25.7 Å². The third-order valence-corrected chi connectivity index (χ3v) is 5.45. The summed E-state index contributed by atoms with van der Waals surface area (Å²) in [6.07, 6.45) is 5.11. The first kappa shape index (κ1) is 20.2. The number of oxazole rings is 1. The molecule has 0 radical (unpaired) electrons. The molecule has 4 rings (SSSR count). The topological polar surface area (TPSA) is 53.1 Å². The number of nitrogens with zero attached hydrogens (tertiary/aromatic N) is 3. The summed E-state index contributed by atoms with van der Waals surface area (Å²) in [7, 11) is 0. The summed E-state index contributed by atoms with van der Waals surface area (Å²) >= 11 is 6.06. The Morgan fingerprint density at radius 1 is 1.07 bits per heavy atom. The summed E-state index contributed by atoms with van der Waals surface area (Å²) in [5.74, 6) is 2.58. The molecule has 30 heavy (non-hydrogen) atoms. The molecule has 0 aliphatic carbocycles. The van der Waals surface area contributed by atoms with Gasteiger partial charge in [-0.05, 0) is 56.5 Å². The van der Waals surface area contributed by atoms with Crippen LogP contribution in [-0.4, -0.2) is 21.1 Å². The molecule has 4 aromatic rings. The number of ether oxygens (including phenoxy) is 1. The van der Waals surface area contributed by atoms with Crippen LogP contribution in [0, 0.1) is 20.8 Å². The van der Waals surface area contributed by atoms with E-state index in [1.54, 1.807) is 6.20 Å². The minimum absolute atomic E-state index is 0.514. The van der Waals surface area contributed by atoms with Gasteiger partial charge >= 0.3 is 6.01 Å². The number of aryl methyl sites for hydroxylation is 3. The van der Waals surface area contributed by atoms with Crippen molar-refractivity contribution in [3.63, 3.8) is 0 Å². The minimum Gasteiger partial charge on any atom is -0.493 e. The van der Waals surface area contributed by atoms with Crippen molar-refractivity contribution in [3.8, 4) is 23.0 Å². The zero-order valence-electron chi connectivity index (χ0n) is 17.4. The molecule has 6 heteroatoms. The predicted octanol–water partition coefficient (Wildman–Crippen LogP) is 6.12. The molecule has 0 amide bonds. The van der Waals surface area contributed by atoms with Crippen LogP contribution in [0.4, 0.5) is 0 Å². The molecule has 0 aliphatic rings. The highest BCUT2D eigenvalue weighted by atomic mass is 35.5. The first-order valence-electron chi connectivity index (χ1n) is 9.98. The van der Waals surface area contributed by atoms with Gasteiger partial charge in [-0.3, -0.25) is 4.57 Å². The Kier molecular flexibility index (Phi) is 5.91. The second-order valence-electron chi connectivity index (χ2n) is 7.27. The summed E-state index contributed by atoms with van der Waals surface area (Å²) < 4.78 is 14.0. The normalized spacial score (nSPS) is 11.1. The summed E-state index contributed by atoms with van der Waals surface area (Å²) in [4.78, 5) is 9.01. The summed E-state index contributed by atoms with van der Waals surface area (Å²) in [5, 5.41) is 0.691. The first-order chi connectivity index (χ1) is 14.5. The molecule has 0 aliphatic heterocycles. The largest absolute Gasteiger partial charge is 0.493 e. The van der Waals surface area contributed by atoms with Gasteiger partial charge in [0.25, 0.3) is 0 Å². The van der Waals surface area contributed by atoms with Gasteiger partial charge in [0.1, 0.15) is 23.0 Å². The lowest BCUT2D eigenvalue weighted by atomic mass is 10.1. The highest BCUT2D eigenvalue weighted by molar-refractivity contribution is 6.30. The Balaban J connectivity index is 1.53. The highest BCUT2D eigenvalue weighted by Gasteiger charge is 2.17. The number of rotatable bonds is 7. The molecular formula is C24H24ClN3O2. The lowest BCUT2D eigenvalue weighted by Crippen LogP contribution is -2.01. The molecule has 0 unspecified atom stereocenters. The SMILES string of the molecule is Cc1cccc(OCCCc2oc(-n3ccnc3C)nc2-c2ccc(Cl)cc2)c1C. The number of benzene rings is 2. The number of aromatic nitrogens is 3. The van der Waals surface area contributed by atoms with E-state index in [1.165, 1.54) is 11.1 Å². The fourth-order valence-corrected chi connectivity index (χ4v) is 3.45. The molecule has 154 valence electrons. The van der Waals surface area contributed by atoms with Gasteiger partial charge in [0.05, 0.1) is 6.61 Å². The van der Waals surface area contributed by atoms with Crippen LogP contribution in [0.25, 0.3) is 17.3 Å². The fraction of sp³-hybridized carbons (Fsp3) is 0.250. The molecule has 0 bridgehead atoms. The van der Waals surface area contributed by atoms with Crippen LogP contribution in [0.5, 0.6) is 5.75 Å². The van der Waals surface area contributed by atoms with E-state index >= 15 is 0 Å². The minimum atomic E-state index is 0.514.